The highest BCUT2D eigenvalue weighted by molar-refractivity contribution is 7.71. The third-order valence-corrected chi connectivity index (χ3v) is 4.21. The Morgan fingerprint density at radius 1 is 1.40 bits per heavy atom. The maximum Gasteiger partial charge on any atom is 0.137 e. The van der Waals surface area contributed by atoms with Crippen molar-refractivity contribution in [2.75, 3.05) is 6.61 Å². The van der Waals surface area contributed by atoms with Gasteiger partial charge >= 0.3 is 0 Å². The van der Waals surface area contributed by atoms with Gasteiger partial charge in [-0.2, -0.15) is 0 Å². The van der Waals surface area contributed by atoms with Gasteiger partial charge in [-0.25, -0.2) is 0 Å². The van der Waals surface area contributed by atoms with E-state index in [9.17, 15) is 5.11 Å². The SMILES string of the molecule is Cc1ccc2c(=S)n([C@H]3C[C@@H](O)[C@@H](CO)O3)ccc2c1. The molecule has 2 heterocycles. The lowest BCUT2D eigenvalue weighted by Gasteiger charge is -2.17. The van der Waals surface area contributed by atoms with E-state index in [4.69, 9.17) is 22.1 Å². The fraction of sp³-hybridized carbons (Fsp3) is 0.400. The average molecular weight is 291 g/mol. The number of ether oxygens (including phenoxy) is 1. The van der Waals surface area contributed by atoms with Crippen LogP contribution in [0.1, 0.15) is 18.2 Å². The van der Waals surface area contributed by atoms with Crippen LogP contribution in [0.25, 0.3) is 10.8 Å². The van der Waals surface area contributed by atoms with Gasteiger partial charge in [-0.15, -0.1) is 0 Å². The summed E-state index contributed by atoms with van der Waals surface area (Å²) in [6.07, 6.45) is 0.828. The van der Waals surface area contributed by atoms with Gasteiger partial charge in [0, 0.05) is 18.0 Å². The number of fused-ring (bicyclic) bond motifs is 1. The van der Waals surface area contributed by atoms with Gasteiger partial charge in [0.25, 0.3) is 0 Å². The second kappa shape index (κ2) is 5.26. The summed E-state index contributed by atoms with van der Waals surface area (Å²) >= 11 is 5.53. The molecular weight excluding hydrogens is 274 g/mol. The van der Waals surface area contributed by atoms with Crippen LogP contribution < -0.4 is 0 Å². The largest absolute Gasteiger partial charge is 0.394 e. The quantitative estimate of drug-likeness (QED) is 0.834. The molecule has 1 saturated heterocycles. The van der Waals surface area contributed by atoms with Crippen molar-refractivity contribution >= 4 is 23.0 Å². The number of hydrogen-bond acceptors (Lipinski definition) is 4. The van der Waals surface area contributed by atoms with E-state index in [0.717, 1.165) is 10.8 Å². The topological polar surface area (TPSA) is 54.6 Å². The van der Waals surface area contributed by atoms with Crippen molar-refractivity contribution in [1.82, 2.24) is 4.57 Å². The van der Waals surface area contributed by atoms with Gasteiger partial charge in [0.15, 0.2) is 0 Å². The van der Waals surface area contributed by atoms with Gasteiger partial charge in [-0.3, -0.25) is 0 Å². The molecule has 0 amide bonds. The zero-order chi connectivity index (χ0) is 14.3. The standard InChI is InChI=1S/C15H17NO3S/c1-9-2-3-11-10(6-9)4-5-16(15(11)20)14-7-12(18)13(8-17)19-14/h2-6,12-14,17-18H,7-8H2,1H3/t12-,13-,14-/m1/s1. The number of benzene rings is 1. The Morgan fingerprint density at radius 2 is 2.20 bits per heavy atom. The van der Waals surface area contributed by atoms with E-state index in [-0.39, 0.29) is 12.8 Å². The Labute approximate surface area is 122 Å². The summed E-state index contributed by atoms with van der Waals surface area (Å²) in [5.41, 5.74) is 1.19. The van der Waals surface area contributed by atoms with Gasteiger partial charge in [-0.05, 0) is 18.4 Å². The minimum Gasteiger partial charge on any atom is -0.394 e. The molecule has 0 unspecified atom stereocenters. The first-order valence-corrected chi connectivity index (χ1v) is 7.07. The third-order valence-electron chi connectivity index (χ3n) is 3.78. The summed E-state index contributed by atoms with van der Waals surface area (Å²) in [5.74, 6) is 0. The molecule has 3 rings (SSSR count). The molecule has 1 aliphatic rings. The van der Waals surface area contributed by atoms with Crippen LogP contribution in [0, 0.1) is 11.6 Å². The second-order valence-electron chi connectivity index (χ2n) is 5.23. The predicted octanol–water partition coefficient (Wildman–Crippen LogP) is 2.32. The van der Waals surface area contributed by atoms with Crippen LogP contribution in [-0.2, 0) is 4.74 Å². The molecule has 1 fully saturated rings. The van der Waals surface area contributed by atoms with Gasteiger partial charge in [0.2, 0.25) is 0 Å². The Balaban J connectivity index is 2.03. The normalized spacial score (nSPS) is 26.2. The number of nitrogens with zero attached hydrogens (tertiary/aromatic N) is 1. The first-order chi connectivity index (χ1) is 9.60. The van der Waals surface area contributed by atoms with Crippen molar-refractivity contribution in [3.63, 3.8) is 0 Å². The minimum atomic E-state index is -0.652. The molecule has 0 aliphatic carbocycles. The molecule has 106 valence electrons. The summed E-state index contributed by atoms with van der Waals surface area (Å²) in [6.45, 7) is 1.86. The molecule has 3 atom stereocenters. The van der Waals surface area contributed by atoms with Crippen LogP contribution in [0.2, 0.25) is 0 Å². The van der Waals surface area contributed by atoms with Crippen LogP contribution in [0.3, 0.4) is 0 Å². The highest BCUT2D eigenvalue weighted by Crippen LogP contribution is 2.30. The number of aliphatic hydroxyl groups is 2. The van der Waals surface area contributed by atoms with E-state index in [1.165, 1.54) is 5.56 Å². The first-order valence-electron chi connectivity index (χ1n) is 6.66. The first kappa shape index (κ1) is 13.7. The highest BCUT2D eigenvalue weighted by Gasteiger charge is 2.34. The third kappa shape index (κ3) is 2.27. The maximum absolute atomic E-state index is 9.83. The molecule has 20 heavy (non-hydrogen) atoms. The van der Waals surface area contributed by atoms with Crippen molar-refractivity contribution in [2.45, 2.75) is 31.8 Å². The number of aromatic nitrogens is 1. The van der Waals surface area contributed by atoms with E-state index < -0.39 is 12.2 Å². The zero-order valence-electron chi connectivity index (χ0n) is 11.2. The summed E-state index contributed by atoms with van der Waals surface area (Å²) in [4.78, 5) is 0. The number of rotatable bonds is 2. The molecule has 2 N–H and O–H groups in total. The van der Waals surface area contributed by atoms with Crippen molar-refractivity contribution in [2.24, 2.45) is 0 Å². The van der Waals surface area contributed by atoms with Gasteiger partial charge in [0.1, 0.15) is 17.0 Å². The predicted molar refractivity (Wildman–Crippen MR) is 79.1 cm³/mol. The molecule has 0 spiro atoms. The van der Waals surface area contributed by atoms with Crippen LogP contribution in [0.5, 0.6) is 0 Å². The molecule has 1 aromatic heterocycles. The second-order valence-corrected chi connectivity index (χ2v) is 5.62. The average Bonchev–Trinajstić information content (AvgIpc) is 2.80. The lowest BCUT2D eigenvalue weighted by Crippen LogP contribution is -2.24. The monoisotopic (exact) mass is 291 g/mol. The summed E-state index contributed by atoms with van der Waals surface area (Å²) in [7, 11) is 0. The van der Waals surface area contributed by atoms with E-state index in [1.54, 1.807) is 0 Å². The van der Waals surface area contributed by atoms with Crippen molar-refractivity contribution in [1.29, 1.82) is 0 Å². The van der Waals surface area contributed by atoms with E-state index in [0.29, 0.717) is 11.1 Å². The fourth-order valence-corrected chi connectivity index (χ4v) is 3.02. The maximum atomic E-state index is 9.83. The van der Waals surface area contributed by atoms with Gasteiger partial charge in [-0.1, -0.05) is 36.0 Å². The lowest BCUT2D eigenvalue weighted by molar-refractivity contribution is -0.0447. The number of aliphatic hydroxyl groups excluding tert-OH is 2. The summed E-state index contributed by atoms with van der Waals surface area (Å²) in [6, 6.07) is 8.14. The molecular formula is C15H17NO3S. The smallest absolute Gasteiger partial charge is 0.137 e. The molecule has 0 bridgehead atoms. The van der Waals surface area contributed by atoms with E-state index >= 15 is 0 Å². The Hall–Kier alpha value is -1.27. The molecule has 1 aromatic carbocycles. The summed E-state index contributed by atoms with van der Waals surface area (Å²) < 4.78 is 8.20. The lowest BCUT2D eigenvalue weighted by atomic mass is 10.1. The van der Waals surface area contributed by atoms with Crippen LogP contribution >= 0.6 is 12.2 Å². The van der Waals surface area contributed by atoms with Crippen molar-refractivity contribution < 1.29 is 14.9 Å². The Morgan fingerprint density at radius 3 is 2.90 bits per heavy atom. The van der Waals surface area contributed by atoms with Crippen LogP contribution in [0.4, 0.5) is 0 Å². The Bertz CT molecular complexity index is 697. The number of aryl methyl sites for hydroxylation is 1. The Kier molecular flexibility index (Phi) is 3.60. The highest BCUT2D eigenvalue weighted by atomic mass is 32.1. The van der Waals surface area contributed by atoms with Crippen LogP contribution in [0.15, 0.2) is 30.5 Å². The molecule has 5 heteroatoms. The zero-order valence-corrected chi connectivity index (χ0v) is 12.0. The van der Waals surface area contributed by atoms with E-state index in [2.05, 4.69) is 6.07 Å². The molecule has 4 nitrogen and oxygen atoms in total. The summed E-state index contributed by atoms with van der Waals surface area (Å²) in [5, 5.41) is 21.1. The van der Waals surface area contributed by atoms with Gasteiger partial charge < -0.3 is 19.5 Å². The molecule has 1 aliphatic heterocycles. The van der Waals surface area contributed by atoms with Crippen molar-refractivity contribution in [3.05, 3.63) is 40.7 Å². The number of hydrogen-bond donors (Lipinski definition) is 2. The fourth-order valence-electron chi connectivity index (χ4n) is 2.66. The van der Waals surface area contributed by atoms with Crippen LogP contribution in [-0.4, -0.2) is 33.6 Å². The van der Waals surface area contributed by atoms with Gasteiger partial charge in [0.05, 0.1) is 12.7 Å². The van der Waals surface area contributed by atoms with Crippen molar-refractivity contribution in [3.8, 4) is 0 Å². The van der Waals surface area contributed by atoms with E-state index in [1.807, 2.05) is 35.9 Å². The number of pyridine rings is 1. The minimum absolute atomic E-state index is 0.183. The molecule has 0 radical (unpaired) electrons. The molecule has 0 saturated carbocycles. The molecule has 2 aromatic rings.